The molecule has 0 radical (unpaired) electrons. The van der Waals surface area contributed by atoms with Crippen molar-refractivity contribution in [1.82, 2.24) is 14.4 Å². The molecule has 5 nitrogen and oxygen atoms in total. The lowest BCUT2D eigenvalue weighted by Crippen LogP contribution is -1.94. The third-order valence-corrected chi connectivity index (χ3v) is 4.89. The highest BCUT2D eigenvalue weighted by molar-refractivity contribution is 8.93. The molecule has 0 amide bonds. The largest absolute Gasteiger partial charge is 0.494 e. The summed E-state index contributed by atoms with van der Waals surface area (Å²) < 4.78 is 20.7. The number of rotatable bonds is 4. The van der Waals surface area contributed by atoms with Crippen molar-refractivity contribution in [2.45, 2.75) is 6.92 Å². The topological polar surface area (TPSA) is 51.5 Å². The van der Waals surface area contributed by atoms with Crippen molar-refractivity contribution in [3.63, 3.8) is 0 Å². The number of thiazole rings is 1. The predicted octanol–water partition coefficient (Wildman–Crippen LogP) is 5.89. The molecule has 140 valence electrons. The molecule has 1 N–H and O–H groups in total. The molecule has 0 unspecified atom stereocenters. The number of hydrogen-bond acceptors (Lipinski definition) is 5. The highest BCUT2D eigenvalue weighted by atomic mass is 79.9. The van der Waals surface area contributed by atoms with Crippen LogP contribution in [0.3, 0.4) is 0 Å². The van der Waals surface area contributed by atoms with Crippen molar-refractivity contribution in [2.24, 2.45) is 0 Å². The molecule has 0 spiro atoms. The smallest absolute Gasteiger partial charge is 0.187 e. The number of anilines is 2. The van der Waals surface area contributed by atoms with Gasteiger partial charge in [-0.15, -0.1) is 28.3 Å². The van der Waals surface area contributed by atoms with E-state index in [-0.39, 0.29) is 22.7 Å². The molecule has 0 aliphatic rings. The Hall–Kier alpha value is -2.16. The third-order valence-electron chi connectivity index (χ3n) is 3.91. The number of nitrogens with zero attached hydrogens (tertiary/aromatic N) is 3. The van der Waals surface area contributed by atoms with E-state index >= 15 is 0 Å². The zero-order valence-corrected chi connectivity index (χ0v) is 17.6. The van der Waals surface area contributed by atoms with E-state index < -0.39 is 5.82 Å². The van der Waals surface area contributed by atoms with Gasteiger partial charge in [0.15, 0.2) is 16.7 Å². The van der Waals surface area contributed by atoms with Gasteiger partial charge in [-0.1, -0.05) is 11.6 Å². The van der Waals surface area contributed by atoms with Crippen molar-refractivity contribution in [2.75, 3.05) is 12.4 Å². The Morgan fingerprint density at radius 3 is 2.78 bits per heavy atom. The first-order valence-electron chi connectivity index (χ1n) is 7.76. The van der Waals surface area contributed by atoms with Crippen LogP contribution in [0.15, 0.2) is 41.9 Å². The summed E-state index contributed by atoms with van der Waals surface area (Å²) in [5.74, 6) is -0.227. The van der Waals surface area contributed by atoms with Gasteiger partial charge in [0.1, 0.15) is 11.3 Å². The van der Waals surface area contributed by atoms with Crippen molar-refractivity contribution in [1.29, 1.82) is 0 Å². The second kappa shape index (κ2) is 7.84. The van der Waals surface area contributed by atoms with Crippen molar-refractivity contribution in [3.05, 3.63) is 58.4 Å². The zero-order chi connectivity index (χ0) is 18.3. The van der Waals surface area contributed by atoms with Crippen molar-refractivity contribution < 1.29 is 9.13 Å². The molecule has 27 heavy (non-hydrogen) atoms. The SMILES string of the molecule is Br.COc1ccc(Nc2nc(-c3c(C)nc4ccc(Cl)cn34)cs2)cc1F. The molecule has 3 aromatic heterocycles. The Morgan fingerprint density at radius 2 is 2.04 bits per heavy atom. The van der Waals surface area contributed by atoms with Crippen LogP contribution in [-0.4, -0.2) is 21.5 Å². The Balaban J connectivity index is 0.00000210. The Kier molecular flexibility index (Phi) is 5.69. The van der Waals surface area contributed by atoms with Crippen molar-refractivity contribution in [3.8, 4) is 17.1 Å². The highest BCUT2D eigenvalue weighted by Gasteiger charge is 2.15. The minimum atomic E-state index is -0.429. The van der Waals surface area contributed by atoms with E-state index in [1.165, 1.54) is 24.5 Å². The minimum Gasteiger partial charge on any atom is -0.494 e. The monoisotopic (exact) mass is 468 g/mol. The van der Waals surface area contributed by atoms with Crippen molar-refractivity contribution >= 4 is 56.4 Å². The fourth-order valence-electron chi connectivity index (χ4n) is 2.75. The number of ether oxygens (including phenoxy) is 1. The molecule has 9 heteroatoms. The van der Waals surface area contributed by atoms with E-state index in [1.807, 2.05) is 29.0 Å². The van der Waals surface area contributed by atoms with Crippen LogP contribution in [-0.2, 0) is 0 Å². The fraction of sp³-hybridized carbons (Fsp3) is 0.111. The molecule has 0 saturated carbocycles. The summed E-state index contributed by atoms with van der Waals surface area (Å²) in [5.41, 5.74) is 3.93. The number of pyridine rings is 1. The lowest BCUT2D eigenvalue weighted by Gasteiger charge is -2.05. The average molecular weight is 470 g/mol. The molecule has 0 aliphatic heterocycles. The Morgan fingerprint density at radius 1 is 1.22 bits per heavy atom. The van der Waals surface area contributed by atoms with E-state index in [9.17, 15) is 4.39 Å². The number of methoxy groups -OCH3 is 1. The first kappa shape index (κ1) is 19.6. The normalized spacial score (nSPS) is 10.7. The summed E-state index contributed by atoms with van der Waals surface area (Å²) >= 11 is 7.54. The van der Waals surface area contributed by atoms with Gasteiger partial charge in [0.2, 0.25) is 0 Å². The molecular weight excluding hydrogens is 455 g/mol. The summed E-state index contributed by atoms with van der Waals surface area (Å²) in [4.78, 5) is 9.15. The number of fused-ring (bicyclic) bond motifs is 1. The summed E-state index contributed by atoms with van der Waals surface area (Å²) in [6, 6.07) is 8.36. The summed E-state index contributed by atoms with van der Waals surface area (Å²) in [5, 5.41) is 6.32. The number of aryl methyl sites for hydroxylation is 1. The highest BCUT2D eigenvalue weighted by Crippen LogP contribution is 2.31. The third kappa shape index (κ3) is 3.78. The van der Waals surface area contributed by atoms with Crippen LogP contribution in [0.2, 0.25) is 5.02 Å². The van der Waals surface area contributed by atoms with E-state index in [1.54, 1.807) is 18.2 Å². The molecule has 4 aromatic rings. The van der Waals surface area contributed by atoms with Crippen LogP contribution in [0, 0.1) is 12.7 Å². The minimum absolute atomic E-state index is 0. The van der Waals surface area contributed by atoms with Crippen LogP contribution in [0.5, 0.6) is 5.75 Å². The predicted molar refractivity (Wildman–Crippen MR) is 113 cm³/mol. The quantitative estimate of drug-likeness (QED) is 0.405. The summed E-state index contributed by atoms with van der Waals surface area (Å²) in [7, 11) is 1.43. The average Bonchev–Trinajstić information content (AvgIpc) is 3.18. The van der Waals surface area contributed by atoms with E-state index in [2.05, 4.69) is 15.3 Å². The number of benzene rings is 1. The second-order valence-electron chi connectivity index (χ2n) is 5.63. The van der Waals surface area contributed by atoms with Gasteiger partial charge in [0, 0.05) is 23.3 Å². The molecule has 0 saturated heterocycles. The van der Waals surface area contributed by atoms with Crippen LogP contribution in [0.25, 0.3) is 17.0 Å². The molecule has 0 aliphatic carbocycles. The Labute approximate surface area is 174 Å². The zero-order valence-electron chi connectivity index (χ0n) is 14.4. The maximum absolute atomic E-state index is 13.8. The molecular formula is C18H15BrClFN4OS. The van der Waals surface area contributed by atoms with Gasteiger partial charge < -0.3 is 10.1 Å². The maximum Gasteiger partial charge on any atom is 0.187 e. The first-order valence-corrected chi connectivity index (χ1v) is 9.01. The van der Waals surface area contributed by atoms with Gasteiger partial charge >= 0.3 is 0 Å². The molecule has 0 atom stereocenters. The molecule has 0 fully saturated rings. The first-order chi connectivity index (χ1) is 12.5. The van der Waals surface area contributed by atoms with E-state index in [0.717, 1.165) is 22.7 Å². The molecule has 4 rings (SSSR count). The van der Waals surface area contributed by atoms with Gasteiger partial charge in [-0.05, 0) is 31.2 Å². The second-order valence-corrected chi connectivity index (χ2v) is 6.93. The lowest BCUT2D eigenvalue weighted by atomic mass is 10.3. The number of hydrogen-bond donors (Lipinski definition) is 1. The van der Waals surface area contributed by atoms with Crippen LogP contribution in [0.1, 0.15) is 5.69 Å². The molecule has 0 bridgehead atoms. The van der Waals surface area contributed by atoms with Gasteiger partial charge in [-0.25, -0.2) is 14.4 Å². The summed E-state index contributed by atoms with van der Waals surface area (Å²) in [6.45, 7) is 1.93. The number of aromatic nitrogens is 3. The van der Waals surface area contributed by atoms with Crippen LogP contribution >= 0.6 is 39.9 Å². The van der Waals surface area contributed by atoms with E-state index in [0.29, 0.717) is 15.8 Å². The van der Waals surface area contributed by atoms with Gasteiger partial charge in [0.25, 0.3) is 0 Å². The van der Waals surface area contributed by atoms with E-state index in [4.69, 9.17) is 16.3 Å². The van der Waals surface area contributed by atoms with Crippen LogP contribution in [0.4, 0.5) is 15.2 Å². The van der Waals surface area contributed by atoms with Crippen LogP contribution < -0.4 is 10.1 Å². The standard InChI is InChI=1S/C18H14ClFN4OS.BrH/c1-10-17(24-8-11(19)3-6-16(24)21-10)14-9-26-18(23-14)22-12-4-5-15(25-2)13(20)7-12;/h3-9H,1-2H3,(H,22,23);1H. The molecule has 1 aromatic carbocycles. The lowest BCUT2D eigenvalue weighted by molar-refractivity contribution is 0.386. The maximum atomic E-state index is 13.8. The number of halogens is 3. The number of imidazole rings is 1. The van der Waals surface area contributed by atoms with Gasteiger partial charge in [-0.3, -0.25) is 4.40 Å². The summed E-state index contributed by atoms with van der Waals surface area (Å²) in [6.07, 6.45) is 1.82. The number of nitrogens with one attached hydrogen (secondary N) is 1. The van der Waals surface area contributed by atoms with Gasteiger partial charge in [0.05, 0.1) is 23.5 Å². The fourth-order valence-corrected chi connectivity index (χ4v) is 3.63. The molecule has 3 heterocycles. The van der Waals surface area contributed by atoms with Gasteiger partial charge in [-0.2, -0.15) is 0 Å². The Bertz CT molecular complexity index is 1110.